The normalized spacial score (nSPS) is 12.9. The lowest BCUT2D eigenvalue weighted by Gasteiger charge is -2.19. The second kappa shape index (κ2) is 13.5. The van der Waals surface area contributed by atoms with Crippen molar-refractivity contribution in [1.29, 1.82) is 0 Å². The molecule has 0 saturated carbocycles. The molecule has 5 rings (SSSR count). The molecule has 0 fully saturated rings. The number of ether oxygens (including phenoxy) is 5. The molecule has 11 nitrogen and oxygen atoms in total. The Balaban J connectivity index is 1.60. The lowest BCUT2D eigenvalue weighted by molar-refractivity contribution is -0.132. The van der Waals surface area contributed by atoms with Crippen LogP contribution in [0.4, 0.5) is 0 Å². The van der Waals surface area contributed by atoms with E-state index in [4.69, 9.17) is 28.7 Å². The summed E-state index contributed by atoms with van der Waals surface area (Å²) in [6.45, 7) is 4.14. The van der Waals surface area contributed by atoms with Gasteiger partial charge in [-0.25, -0.2) is 14.6 Å². The van der Waals surface area contributed by atoms with Crippen LogP contribution in [0.15, 0.2) is 66.4 Å². The number of nitrogens with zero attached hydrogens (tertiary/aromatic N) is 2. The Morgan fingerprint density at radius 3 is 2.44 bits per heavy atom. The lowest BCUT2D eigenvalue weighted by Crippen LogP contribution is -2.11. The average molecular weight is 615 g/mol. The molecule has 3 aromatic carbocycles. The fourth-order valence-electron chi connectivity index (χ4n) is 5.07. The first kappa shape index (κ1) is 31.0. The molecule has 0 amide bonds. The molecular weight excluding hydrogens is 580 g/mol. The molecule has 45 heavy (non-hydrogen) atoms. The van der Waals surface area contributed by atoms with Crippen molar-refractivity contribution in [2.75, 3.05) is 21.0 Å². The molecule has 1 aliphatic rings. The zero-order valence-corrected chi connectivity index (χ0v) is 25.4. The Morgan fingerprint density at radius 1 is 1.00 bits per heavy atom. The summed E-state index contributed by atoms with van der Waals surface area (Å²) >= 11 is 0. The summed E-state index contributed by atoms with van der Waals surface area (Å²) < 4.78 is 30.1. The minimum atomic E-state index is -1.11. The Hall–Kier alpha value is -5.45. The van der Waals surface area contributed by atoms with Gasteiger partial charge in [0.15, 0.2) is 11.5 Å². The fraction of sp³-hybridized carbons (Fsp3) is 0.265. The number of imidazole rings is 1. The van der Waals surface area contributed by atoms with Gasteiger partial charge in [-0.05, 0) is 36.8 Å². The van der Waals surface area contributed by atoms with Crippen LogP contribution in [0.5, 0.6) is 28.7 Å². The van der Waals surface area contributed by atoms with Crippen LogP contribution in [0, 0.1) is 0 Å². The van der Waals surface area contributed by atoms with E-state index in [0.717, 1.165) is 6.42 Å². The summed E-state index contributed by atoms with van der Waals surface area (Å²) in [6, 6.07) is 15.3. The number of rotatable bonds is 13. The highest BCUT2D eigenvalue weighted by Crippen LogP contribution is 2.39. The number of fused-ring (bicyclic) bond motifs is 1. The molecule has 0 spiro atoms. The van der Waals surface area contributed by atoms with Crippen molar-refractivity contribution in [3.05, 3.63) is 94.6 Å². The van der Waals surface area contributed by atoms with Gasteiger partial charge in [0, 0.05) is 41.2 Å². The molecule has 0 bridgehead atoms. The number of hydrogen-bond acceptors (Lipinski definition) is 8. The van der Waals surface area contributed by atoms with Gasteiger partial charge in [0.25, 0.3) is 0 Å². The first-order chi connectivity index (χ1) is 21.7. The first-order valence-corrected chi connectivity index (χ1v) is 14.3. The molecule has 4 aromatic rings. The first-order valence-electron chi connectivity index (χ1n) is 14.3. The highest BCUT2D eigenvalue weighted by Gasteiger charge is 2.23. The maximum atomic E-state index is 12.6. The zero-order chi connectivity index (χ0) is 32.1. The summed E-state index contributed by atoms with van der Waals surface area (Å²) in [5, 5.41) is 20.0. The number of aromatic nitrogens is 2. The van der Waals surface area contributed by atoms with Crippen LogP contribution >= 0.6 is 0 Å². The van der Waals surface area contributed by atoms with E-state index in [1.807, 2.05) is 24.5 Å². The van der Waals surface area contributed by atoms with E-state index in [9.17, 15) is 19.8 Å². The molecule has 11 heteroatoms. The maximum absolute atomic E-state index is 12.6. The standard InChI is InChI=1S/C34H34N2O9/c1-5-20(2)32-35-17-24(13-23(33(37)38)12-22-14-30-31(45-19-44-30)16-28(22)42-4)36(32)27-11-10-25(41-3)15-29(27)43-18-21-8-6-7-9-26(21)34(39)40/h6-11,13-17,20H,5,12,18-19H2,1-4H3,(H,37,38)(H,39,40). The van der Waals surface area contributed by atoms with Gasteiger partial charge in [0.1, 0.15) is 29.7 Å². The third kappa shape index (κ3) is 6.57. The van der Waals surface area contributed by atoms with Crippen LogP contribution in [-0.4, -0.2) is 52.7 Å². The van der Waals surface area contributed by atoms with Gasteiger partial charge in [0.05, 0.1) is 37.4 Å². The molecule has 2 heterocycles. The molecule has 0 saturated heterocycles. The van der Waals surface area contributed by atoms with Crippen molar-refractivity contribution < 1.29 is 43.5 Å². The predicted octanol–water partition coefficient (Wildman–Crippen LogP) is 6.12. The molecule has 1 atom stereocenters. The summed E-state index contributed by atoms with van der Waals surface area (Å²) in [4.78, 5) is 29.1. The molecule has 2 N–H and O–H groups in total. The minimum absolute atomic E-state index is 0.0112. The average Bonchev–Trinajstić information content (AvgIpc) is 3.69. The number of carboxylic acid groups (broad SMARTS) is 2. The van der Waals surface area contributed by atoms with Gasteiger partial charge in [-0.1, -0.05) is 32.0 Å². The van der Waals surface area contributed by atoms with Crippen LogP contribution in [-0.2, 0) is 17.8 Å². The maximum Gasteiger partial charge on any atom is 0.336 e. The second-order valence-electron chi connectivity index (χ2n) is 10.4. The molecule has 0 radical (unpaired) electrons. The number of carboxylic acids is 2. The van der Waals surface area contributed by atoms with Gasteiger partial charge in [-0.15, -0.1) is 0 Å². The number of aliphatic carboxylic acids is 1. The molecule has 234 valence electrons. The summed E-state index contributed by atoms with van der Waals surface area (Å²) in [7, 11) is 3.05. The van der Waals surface area contributed by atoms with Crippen molar-refractivity contribution in [1.82, 2.24) is 9.55 Å². The third-order valence-corrected chi connectivity index (χ3v) is 7.66. The quantitative estimate of drug-likeness (QED) is 0.169. The van der Waals surface area contributed by atoms with Gasteiger partial charge < -0.3 is 33.9 Å². The topological polar surface area (TPSA) is 139 Å². The van der Waals surface area contributed by atoms with E-state index in [-0.39, 0.29) is 36.9 Å². The van der Waals surface area contributed by atoms with E-state index < -0.39 is 11.9 Å². The largest absolute Gasteiger partial charge is 0.497 e. The van der Waals surface area contributed by atoms with E-state index in [1.165, 1.54) is 20.3 Å². The van der Waals surface area contributed by atoms with E-state index >= 15 is 0 Å². The Labute approximate surface area is 260 Å². The fourth-order valence-corrected chi connectivity index (χ4v) is 5.07. The van der Waals surface area contributed by atoms with E-state index in [2.05, 4.69) is 0 Å². The van der Waals surface area contributed by atoms with Gasteiger partial charge >= 0.3 is 11.9 Å². The Bertz CT molecular complexity index is 1760. The van der Waals surface area contributed by atoms with Crippen LogP contribution < -0.4 is 23.7 Å². The van der Waals surface area contributed by atoms with Crippen molar-refractivity contribution >= 4 is 18.0 Å². The van der Waals surface area contributed by atoms with Crippen molar-refractivity contribution in [2.45, 2.75) is 39.2 Å². The highest BCUT2D eigenvalue weighted by atomic mass is 16.7. The molecule has 1 unspecified atom stereocenters. The molecule has 1 aromatic heterocycles. The highest BCUT2D eigenvalue weighted by molar-refractivity contribution is 5.93. The van der Waals surface area contributed by atoms with Crippen LogP contribution in [0.2, 0.25) is 0 Å². The van der Waals surface area contributed by atoms with Gasteiger partial charge in [-0.2, -0.15) is 0 Å². The monoisotopic (exact) mass is 614 g/mol. The van der Waals surface area contributed by atoms with Crippen LogP contribution in [0.25, 0.3) is 11.8 Å². The number of carbonyl (C=O) groups is 2. The number of hydrogen-bond donors (Lipinski definition) is 2. The van der Waals surface area contributed by atoms with Gasteiger partial charge in [0.2, 0.25) is 6.79 Å². The number of methoxy groups -OCH3 is 2. The van der Waals surface area contributed by atoms with Crippen LogP contribution in [0.3, 0.4) is 0 Å². The summed E-state index contributed by atoms with van der Waals surface area (Å²) in [5.74, 6) is 1.02. The zero-order valence-electron chi connectivity index (χ0n) is 25.4. The predicted molar refractivity (Wildman–Crippen MR) is 165 cm³/mol. The van der Waals surface area contributed by atoms with E-state index in [0.29, 0.717) is 57.1 Å². The van der Waals surface area contributed by atoms with Gasteiger partial charge in [-0.3, -0.25) is 4.57 Å². The summed E-state index contributed by atoms with van der Waals surface area (Å²) in [6.07, 6.45) is 4.03. The SMILES string of the molecule is CCC(C)c1ncc(C=C(Cc2cc3c(cc2OC)OCO3)C(=O)O)n1-c1ccc(OC)cc1OCc1ccccc1C(=O)O. The summed E-state index contributed by atoms with van der Waals surface area (Å²) in [5.41, 5.74) is 2.46. The lowest BCUT2D eigenvalue weighted by atomic mass is 10.0. The molecule has 1 aliphatic heterocycles. The van der Waals surface area contributed by atoms with Crippen molar-refractivity contribution in [3.63, 3.8) is 0 Å². The molecular formula is C34H34N2O9. The smallest absolute Gasteiger partial charge is 0.336 e. The number of aromatic carboxylic acids is 1. The number of benzene rings is 3. The minimum Gasteiger partial charge on any atom is -0.497 e. The Kier molecular flexibility index (Phi) is 9.27. The van der Waals surface area contributed by atoms with E-state index in [1.54, 1.807) is 54.7 Å². The second-order valence-corrected chi connectivity index (χ2v) is 10.4. The van der Waals surface area contributed by atoms with Crippen molar-refractivity contribution in [2.24, 2.45) is 0 Å². The third-order valence-electron chi connectivity index (χ3n) is 7.66. The molecule has 0 aliphatic carbocycles. The Morgan fingerprint density at radius 2 is 1.76 bits per heavy atom. The van der Waals surface area contributed by atoms with Crippen molar-refractivity contribution in [3.8, 4) is 34.4 Å². The van der Waals surface area contributed by atoms with Crippen LogP contribution in [0.1, 0.15) is 59.2 Å².